The second-order valence-corrected chi connectivity index (χ2v) is 15.5. The number of ether oxygens (including phenoxy) is 1. The highest BCUT2D eigenvalue weighted by atomic mass is 31.1. The molecular formula is C36H40N2O2P2. The number of carbonyl (C=O) groups is 1. The van der Waals surface area contributed by atoms with Gasteiger partial charge in [0.05, 0.1) is 18.5 Å². The van der Waals surface area contributed by atoms with Gasteiger partial charge < -0.3 is 14.1 Å². The molecule has 42 heavy (non-hydrogen) atoms. The van der Waals surface area contributed by atoms with Crippen LogP contribution in [0.2, 0.25) is 0 Å². The molecule has 0 N–H and O–H groups in total. The zero-order valence-electron chi connectivity index (χ0n) is 25.6. The Morgan fingerprint density at radius 2 is 1.07 bits per heavy atom. The van der Waals surface area contributed by atoms with Crippen molar-refractivity contribution >= 4 is 44.1 Å². The summed E-state index contributed by atoms with van der Waals surface area (Å²) in [6.45, 7) is 13.0. The Labute approximate surface area is 253 Å². The van der Waals surface area contributed by atoms with E-state index < -0.39 is 16.1 Å². The van der Waals surface area contributed by atoms with Crippen molar-refractivity contribution in [3.63, 3.8) is 0 Å². The normalized spacial score (nSPS) is 14.1. The van der Waals surface area contributed by atoms with E-state index in [2.05, 4.69) is 148 Å². The molecule has 4 aromatic carbocycles. The molecule has 1 aliphatic heterocycles. The Hall–Kier alpha value is -3.45. The van der Waals surface area contributed by atoms with Crippen LogP contribution in [0.25, 0.3) is 0 Å². The lowest BCUT2D eigenvalue weighted by molar-refractivity contribution is -0.139. The van der Waals surface area contributed by atoms with Gasteiger partial charge in [-0.15, -0.1) is 0 Å². The lowest BCUT2D eigenvalue weighted by atomic mass is 10.1. The predicted octanol–water partition coefficient (Wildman–Crippen LogP) is 8.32. The number of anilines is 2. The third kappa shape index (κ3) is 6.03. The third-order valence-corrected chi connectivity index (χ3v) is 13.1. The van der Waals surface area contributed by atoms with Crippen molar-refractivity contribution in [2.45, 2.75) is 47.2 Å². The van der Waals surface area contributed by atoms with Crippen LogP contribution in [0.4, 0.5) is 11.4 Å². The Bertz CT molecular complexity index is 1450. The summed E-state index contributed by atoms with van der Waals surface area (Å²) in [6, 6.07) is 30.3. The summed E-state index contributed by atoms with van der Waals surface area (Å²) in [5.74, 6) is -0.163. The molecule has 0 fully saturated rings. The van der Waals surface area contributed by atoms with Crippen molar-refractivity contribution < 1.29 is 9.53 Å². The Morgan fingerprint density at radius 3 is 1.43 bits per heavy atom. The average Bonchev–Trinajstić information content (AvgIpc) is 3.36. The van der Waals surface area contributed by atoms with Gasteiger partial charge in [-0.25, -0.2) is 0 Å². The number of hydrogen-bond acceptors (Lipinski definition) is 4. The molecule has 0 radical (unpaired) electrons. The van der Waals surface area contributed by atoms with Crippen molar-refractivity contribution in [3.8, 4) is 0 Å². The van der Waals surface area contributed by atoms with Crippen LogP contribution in [-0.4, -0.2) is 24.9 Å². The van der Waals surface area contributed by atoms with Gasteiger partial charge in [0.2, 0.25) is 0 Å². The molecule has 0 saturated carbocycles. The van der Waals surface area contributed by atoms with Crippen LogP contribution < -0.4 is 19.9 Å². The second kappa shape index (κ2) is 12.8. The number of benzene rings is 4. The maximum atomic E-state index is 14.0. The molecule has 1 atom stereocenters. The number of nitrogens with zero attached hydrogens (tertiary/aromatic N) is 2. The van der Waals surface area contributed by atoms with Gasteiger partial charge in [0.15, 0.2) is 0 Å². The minimum atomic E-state index is -1.23. The number of hydrogen-bond donors (Lipinski definition) is 0. The smallest absolute Gasteiger partial charge is 0.317 e. The number of methoxy groups -OCH3 is 1. The van der Waals surface area contributed by atoms with Gasteiger partial charge in [0.25, 0.3) is 0 Å². The van der Waals surface area contributed by atoms with Crippen molar-refractivity contribution in [2.24, 2.45) is 0 Å². The maximum Gasteiger partial charge on any atom is 0.317 e. The van der Waals surface area contributed by atoms with Crippen LogP contribution in [0.1, 0.15) is 33.4 Å². The van der Waals surface area contributed by atoms with Crippen LogP contribution in [0, 0.1) is 41.5 Å². The van der Waals surface area contributed by atoms with Gasteiger partial charge in [-0.05, 0) is 88.5 Å². The molecule has 0 saturated heterocycles. The van der Waals surface area contributed by atoms with Crippen molar-refractivity contribution in [3.05, 3.63) is 131 Å². The van der Waals surface area contributed by atoms with E-state index >= 15 is 0 Å². The number of carbonyl (C=O) groups excluding carboxylic acids is 1. The highest BCUT2D eigenvalue weighted by molar-refractivity contribution is 7.74. The monoisotopic (exact) mass is 594 g/mol. The summed E-state index contributed by atoms with van der Waals surface area (Å²) in [4.78, 5) is 14.0. The zero-order valence-corrected chi connectivity index (χ0v) is 27.4. The van der Waals surface area contributed by atoms with Gasteiger partial charge in [-0.2, -0.15) is 0 Å². The highest BCUT2D eigenvalue weighted by Crippen LogP contribution is 2.61. The number of rotatable bonds is 8. The van der Waals surface area contributed by atoms with Crippen molar-refractivity contribution in [1.29, 1.82) is 0 Å². The van der Waals surface area contributed by atoms with E-state index in [1.54, 1.807) is 0 Å². The van der Waals surface area contributed by atoms with Gasteiger partial charge in [-0.1, -0.05) is 96.1 Å². The first kappa shape index (κ1) is 30.0. The van der Waals surface area contributed by atoms with Crippen molar-refractivity contribution in [2.75, 3.05) is 22.6 Å². The zero-order chi connectivity index (χ0) is 30.0. The average molecular weight is 595 g/mol. The van der Waals surface area contributed by atoms with Crippen LogP contribution in [-0.2, 0) is 9.53 Å². The molecule has 4 aromatic rings. The Kier molecular flexibility index (Phi) is 9.16. The maximum absolute atomic E-state index is 14.0. The van der Waals surface area contributed by atoms with Crippen molar-refractivity contribution in [1.82, 2.24) is 0 Å². The van der Waals surface area contributed by atoms with Crippen LogP contribution in [0.3, 0.4) is 0 Å². The topological polar surface area (TPSA) is 32.8 Å². The first-order chi connectivity index (χ1) is 20.2. The summed E-state index contributed by atoms with van der Waals surface area (Å²) in [6.07, 6.45) is 5.04. The van der Waals surface area contributed by atoms with Gasteiger partial charge >= 0.3 is 5.97 Å². The third-order valence-electron chi connectivity index (χ3n) is 7.76. The molecule has 0 spiro atoms. The van der Waals surface area contributed by atoms with E-state index in [-0.39, 0.29) is 11.6 Å². The summed E-state index contributed by atoms with van der Waals surface area (Å²) in [5, 5.41) is 2.52. The summed E-state index contributed by atoms with van der Waals surface area (Å²) < 4.78 is 10.4. The number of esters is 1. The molecule has 1 unspecified atom stereocenters. The fraction of sp³-hybridized carbons (Fsp3) is 0.250. The lowest BCUT2D eigenvalue weighted by Gasteiger charge is -2.39. The molecule has 5 rings (SSSR count). The first-order valence-corrected chi connectivity index (χ1v) is 17.2. The fourth-order valence-electron chi connectivity index (χ4n) is 6.22. The van der Waals surface area contributed by atoms with E-state index in [9.17, 15) is 4.79 Å². The molecule has 1 heterocycles. The van der Waals surface area contributed by atoms with Crippen LogP contribution >= 0.6 is 16.1 Å². The van der Waals surface area contributed by atoms with E-state index in [1.165, 1.54) is 62.5 Å². The minimum Gasteiger partial charge on any atom is -0.468 e. The molecule has 0 aromatic heterocycles. The molecule has 0 aliphatic carbocycles. The molecule has 0 bridgehead atoms. The minimum absolute atomic E-state index is 0.163. The molecule has 0 amide bonds. The summed E-state index contributed by atoms with van der Waals surface area (Å²) >= 11 is 0. The Balaban J connectivity index is 1.70. The number of aryl methyl sites for hydroxylation is 6. The van der Waals surface area contributed by atoms with E-state index in [4.69, 9.17) is 4.74 Å². The molecule has 4 nitrogen and oxygen atoms in total. The largest absolute Gasteiger partial charge is 0.468 e. The van der Waals surface area contributed by atoms with E-state index in [0.29, 0.717) is 6.16 Å². The Morgan fingerprint density at radius 1 is 0.690 bits per heavy atom. The molecular weight excluding hydrogens is 554 g/mol. The van der Waals surface area contributed by atoms with Crippen LogP contribution in [0.5, 0.6) is 0 Å². The quantitative estimate of drug-likeness (QED) is 0.152. The van der Waals surface area contributed by atoms with Gasteiger partial charge in [0.1, 0.15) is 13.9 Å². The fourth-order valence-corrected chi connectivity index (χ4v) is 12.1. The molecule has 6 heteroatoms. The lowest BCUT2D eigenvalue weighted by Crippen LogP contribution is -2.35. The summed E-state index contributed by atoms with van der Waals surface area (Å²) in [5.41, 5.74) is 9.29. The van der Waals surface area contributed by atoms with E-state index in [1.807, 2.05) is 0 Å². The summed E-state index contributed by atoms with van der Waals surface area (Å²) in [7, 11) is -0.532. The predicted molar refractivity (Wildman–Crippen MR) is 182 cm³/mol. The standard InChI is InChI=1S/C36H40N2O2P2/c1-25-20-27(3)34(28(4)21-25)37-18-19-38(35-29(5)22-26(2)23-30(35)6)42(37)33(36(39)40-7)24-41(31-14-10-8-11-15-31)32-16-12-9-13-17-32/h8-23,33H,24H2,1-7H3. The van der Waals surface area contributed by atoms with Gasteiger partial charge in [0, 0.05) is 12.4 Å². The highest BCUT2D eigenvalue weighted by Gasteiger charge is 2.44. The van der Waals surface area contributed by atoms with Gasteiger partial charge in [-0.3, -0.25) is 4.79 Å². The molecule has 216 valence electrons. The first-order valence-electron chi connectivity index (χ1n) is 14.4. The van der Waals surface area contributed by atoms with Crippen LogP contribution in [0.15, 0.2) is 97.3 Å². The SMILES string of the molecule is COC(=O)C(CP(c1ccccc1)c1ccccc1)P1N(c2c(C)cc(C)cc2C)C=CN1c1c(C)cc(C)cc1C. The second-order valence-electron chi connectivity index (χ2n) is 11.1. The van der Waals surface area contributed by atoms with E-state index in [0.717, 1.165) is 0 Å². The molecule has 1 aliphatic rings.